The molecule has 0 aromatic rings. The molecule has 0 rings (SSSR count). The molecule has 2 unspecified atom stereocenters. The number of esters is 4. The van der Waals surface area contributed by atoms with Crippen LogP contribution < -0.4 is 0 Å². The third kappa shape index (κ3) is 47.8. The molecule has 0 amide bonds. The highest BCUT2D eigenvalue weighted by molar-refractivity contribution is 7.47. The van der Waals surface area contributed by atoms with E-state index in [1.165, 1.54) is 57.8 Å². The minimum absolute atomic E-state index is 0.0986. The molecular formula is C53H102O17P2. The maximum absolute atomic E-state index is 12.8. The lowest BCUT2D eigenvalue weighted by molar-refractivity contribution is -0.161. The van der Waals surface area contributed by atoms with Crippen molar-refractivity contribution in [3.63, 3.8) is 0 Å². The summed E-state index contributed by atoms with van der Waals surface area (Å²) in [5.74, 6) is -1.40. The van der Waals surface area contributed by atoms with Gasteiger partial charge in [-0.05, 0) is 31.6 Å². The first-order valence-electron chi connectivity index (χ1n) is 28.1. The number of ether oxygens (including phenoxy) is 4. The lowest BCUT2D eigenvalue weighted by Crippen LogP contribution is -2.30. The highest BCUT2D eigenvalue weighted by Crippen LogP contribution is 2.45. The molecule has 0 aromatic carbocycles. The zero-order valence-electron chi connectivity index (χ0n) is 45.5. The van der Waals surface area contributed by atoms with E-state index in [1.807, 2.05) is 0 Å². The van der Waals surface area contributed by atoms with Crippen molar-refractivity contribution >= 4 is 39.5 Å². The second kappa shape index (κ2) is 47.5. The molecule has 17 nitrogen and oxygen atoms in total. The predicted octanol–water partition coefficient (Wildman–Crippen LogP) is 13.5. The molecule has 3 N–H and O–H groups in total. The normalized spacial score (nSPS) is 14.6. The van der Waals surface area contributed by atoms with E-state index in [4.69, 9.17) is 37.0 Å². The van der Waals surface area contributed by atoms with Crippen molar-refractivity contribution in [1.82, 2.24) is 0 Å². The van der Waals surface area contributed by atoms with Gasteiger partial charge in [0, 0.05) is 25.7 Å². The standard InChI is InChI=1S/C53H102O17P2/c1-6-9-12-15-22-28-32-37-51(56)64-43-49(70-53(58)39-34-29-24-21-19-17-16-18-20-23-27-30-35-46(4)5)45-68-72(61,62)66-41-47(54)40-65-71(59,60)67-44-48(69-52(57)38-33-26-14-11-8-3)42-63-50(55)36-31-25-13-10-7-2/h46-49,54H,6-45H2,1-5H3,(H,59,60)(H,61,62)/t47-,48+,49+/m0/s1. The van der Waals surface area contributed by atoms with Gasteiger partial charge >= 0.3 is 39.5 Å². The van der Waals surface area contributed by atoms with Crippen LogP contribution >= 0.6 is 15.6 Å². The van der Waals surface area contributed by atoms with Crippen LogP contribution in [0.4, 0.5) is 0 Å². The van der Waals surface area contributed by atoms with Gasteiger partial charge in [-0.1, -0.05) is 202 Å². The summed E-state index contributed by atoms with van der Waals surface area (Å²) in [6, 6.07) is 0. The largest absolute Gasteiger partial charge is 0.472 e. The molecule has 0 bridgehead atoms. The van der Waals surface area contributed by atoms with Crippen LogP contribution in [-0.4, -0.2) is 96.7 Å². The highest BCUT2D eigenvalue weighted by Gasteiger charge is 2.30. The van der Waals surface area contributed by atoms with Gasteiger partial charge in [0.05, 0.1) is 26.4 Å². The van der Waals surface area contributed by atoms with Crippen LogP contribution in [0.2, 0.25) is 0 Å². The summed E-state index contributed by atoms with van der Waals surface area (Å²) in [7, 11) is -9.84. The van der Waals surface area contributed by atoms with Crippen LogP contribution in [0.5, 0.6) is 0 Å². The predicted molar refractivity (Wildman–Crippen MR) is 280 cm³/mol. The van der Waals surface area contributed by atoms with E-state index in [1.54, 1.807) is 0 Å². The number of hydrogen-bond acceptors (Lipinski definition) is 15. The molecule has 19 heteroatoms. The molecule has 0 aromatic heterocycles. The van der Waals surface area contributed by atoms with Crippen LogP contribution in [0.3, 0.4) is 0 Å². The summed E-state index contributed by atoms with van der Waals surface area (Å²) >= 11 is 0. The lowest BCUT2D eigenvalue weighted by atomic mass is 10.0. The van der Waals surface area contributed by atoms with Crippen molar-refractivity contribution in [2.45, 2.75) is 271 Å². The number of phosphoric acid groups is 2. The molecule has 0 fully saturated rings. The molecular weight excluding hydrogens is 971 g/mol. The molecule has 0 saturated heterocycles. The lowest BCUT2D eigenvalue weighted by Gasteiger charge is -2.21. The zero-order valence-corrected chi connectivity index (χ0v) is 47.3. The first kappa shape index (κ1) is 70.1. The van der Waals surface area contributed by atoms with Gasteiger partial charge in [0.2, 0.25) is 0 Å². The van der Waals surface area contributed by atoms with E-state index in [2.05, 4.69) is 34.6 Å². The van der Waals surface area contributed by atoms with Crippen LogP contribution in [0.1, 0.15) is 253 Å². The number of rotatable bonds is 53. The Morgan fingerprint density at radius 2 is 0.639 bits per heavy atom. The van der Waals surface area contributed by atoms with Crippen LogP contribution in [-0.2, 0) is 65.4 Å². The van der Waals surface area contributed by atoms with Gasteiger partial charge in [-0.2, -0.15) is 0 Å². The average molecular weight is 1070 g/mol. The molecule has 72 heavy (non-hydrogen) atoms. The Morgan fingerprint density at radius 3 is 0.944 bits per heavy atom. The summed E-state index contributed by atoms with van der Waals surface area (Å²) in [4.78, 5) is 71.0. The van der Waals surface area contributed by atoms with Crippen LogP contribution in [0.15, 0.2) is 0 Å². The fraction of sp³-hybridized carbons (Fsp3) is 0.925. The quantitative estimate of drug-likeness (QED) is 0.0222. The summed E-state index contributed by atoms with van der Waals surface area (Å²) in [6.07, 6.45) is 27.5. The SMILES string of the molecule is CCCCCCCCCC(=O)OC[C@H](COP(=O)(O)OC[C@@H](O)COP(=O)(O)OC[C@@H](COC(=O)CCCCCCC)OC(=O)CCCCCCC)OC(=O)CCCCCCCCCCCCCCC(C)C. The van der Waals surface area contributed by atoms with Gasteiger partial charge in [0.1, 0.15) is 19.3 Å². The van der Waals surface area contributed by atoms with Gasteiger partial charge in [-0.3, -0.25) is 37.3 Å². The topological polar surface area (TPSA) is 237 Å². The van der Waals surface area contributed by atoms with Gasteiger partial charge in [0.15, 0.2) is 12.2 Å². The summed E-state index contributed by atoms with van der Waals surface area (Å²) < 4.78 is 67.0. The average Bonchev–Trinajstić information content (AvgIpc) is 3.34. The Bertz CT molecular complexity index is 1430. The van der Waals surface area contributed by atoms with E-state index in [0.717, 1.165) is 115 Å². The van der Waals surface area contributed by atoms with E-state index in [-0.39, 0.29) is 25.7 Å². The monoisotopic (exact) mass is 1070 g/mol. The van der Waals surface area contributed by atoms with E-state index in [0.29, 0.717) is 25.7 Å². The molecule has 0 aliphatic rings. The number of carbonyl (C=O) groups excluding carboxylic acids is 4. The third-order valence-corrected chi connectivity index (χ3v) is 13.9. The smallest absolute Gasteiger partial charge is 0.462 e. The maximum atomic E-state index is 12.8. The fourth-order valence-corrected chi connectivity index (χ4v) is 9.22. The minimum atomic E-state index is -4.93. The van der Waals surface area contributed by atoms with Crippen molar-refractivity contribution in [3.05, 3.63) is 0 Å². The second-order valence-corrected chi connectivity index (χ2v) is 22.6. The Hall–Kier alpha value is -1.94. The third-order valence-electron chi connectivity index (χ3n) is 12.0. The van der Waals surface area contributed by atoms with Crippen molar-refractivity contribution in [2.24, 2.45) is 5.92 Å². The zero-order chi connectivity index (χ0) is 53.6. The fourth-order valence-electron chi connectivity index (χ4n) is 7.64. The van der Waals surface area contributed by atoms with Crippen molar-refractivity contribution in [1.29, 1.82) is 0 Å². The number of phosphoric ester groups is 2. The summed E-state index contributed by atoms with van der Waals surface area (Å²) in [6.45, 7) is 6.89. The Balaban J connectivity index is 5.08. The minimum Gasteiger partial charge on any atom is -0.462 e. The van der Waals surface area contributed by atoms with E-state index in [9.17, 15) is 43.2 Å². The molecule has 0 aliphatic carbocycles. The molecule has 0 heterocycles. The van der Waals surface area contributed by atoms with Crippen LogP contribution in [0.25, 0.3) is 0 Å². The van der Waals surface area contributed by atoms with Crippen molar-refractivity contribution < 1.29 is 80.2 Å². The first-order valence-corrected chi connectivity index (χ1v) is 31.1. The van der Waals surface area contributed by atoms with Gasteiger partial charge < -0.3 is 33.8 Å². The molecule has 0 radical (unpaired) electrons. The Kier molecular flexibility index (Phi) is 46.2. The number of hydrogen-bond donors (Lipinski definition) is 3. The Morgan fingerprint density at radius 1 is 0.375 bits per heavy atom. The number of unbranched alkanes of at least 4 members (excludes halogenated alkanes) is 25. The molecule has 5 atom stereocenters. The summed E-state index contributed by atoms with van der Waals surface area (Å²) in [5.41, 5.74) is 0. The van der Waals surface area contributed by atoms with Gasteiger partial charge in [0.25, 0.3) is 0 Å². The maximum Gasteiger partial charge on any atom is 0.472 e. The molecule has 426 valence electrons. The van der Waals surface area contributed by atoms with E-state index >= 15 is 0 Å². The highest BCUT2D eigenvalue weighted by atomic mass is 31.2. The molecule has 0 saturated carbocycles. The number of carbonyl (C=O) groups is 4. The second-order valence-electron chi connectivity index (χ2n) is 19.7. The van der Waals surface area contributed by atoms with Crippen molar-refractivity contribution in [3.8, 4) is 0 Å². The van der Waals surface area contributed by atoms with Gasteiger partial charge in [-0.25, -0.2) is 9.13 Å². The van der Waals surface area contributed by atoms with Gasteiger partial charge in [-0.15, -0.1) is 0 Å². The Labute approximate surface area is 435 Å². The van der Waals surface area contributed by atoms with Crippen LogP contribution in [0, 0.1) is 5.92 Å². The van der Waals surface area contributed by atoms with E-state index < -0.39 is 97.5 Å². The molecule has 0 spiro atoms. The van der Waals surface area contributed by atoms with Crippen molar-refractivity contribution in [2.75, 3.05) is 39.6 Å². The number of aliphatic hydroxyl groups is 1. The number of aliphatic hydroxyl groups excluding tert-OH is 1. The molecule has 0 aliphatic heterocycles. The summed E-state index contributed by atoms with van der Waals surface area (Å²) in [5, 5.41) is 10.4. The first-order chi connectivity index (χ1) is 34.5.